The number of carbonyl (C=O) groups excluding carboxylic acids is 4. The van der Waals surface area contributed by atoms with Gasteiger partial charge >= 0.3 is 5.97 Å². The summed E-state index contributed by atoms with van der Waals surface area (Å²) in [5.41, 5.74) is 0.549. The molecule has 2 aromatic rings. The maximum absolute atomic E-state index is 13.5. The van der Waals surface area contributed by atoms with Crippen molar-refractivity contribution in [2.45, 2.75) is 58.3 Å². The van der Waals surface area contributed by atoms with Crippen LogP contribution in [0.5, 0.6) is 11.5 Å². The largest absolute Gasteiger partial charge is 0.493 e. The van der Waals surface area contributed by atoms with E-state index in [1.807, 2.05) is 6.07 Å². The maximum Gasteiger partial charge on any atom is 0.314 e. The smallest absolute Gasteiger partial charge is 0.314 e. The van der Waals surface area contributed by atoms with E-state index >= 15 is 0 Å². The molecule has 2 heterocycles. The first-order valence-corrected chi connectivity index (χ1v) is 15.3. The number of hydrogen-bond donors (Lipinski definition) is 2. The van der Waals surface area contributed by atoms with Crippen molar-refractivity contribution in [2.24, 2.45) is 11.3 Å². The van der Waals surface area contributed by atoms with E-state index in [0.29, 0.717) is 55.3 Å². The second-order valence-corrected chi connectivity index (χ2v) is 11.4. The van der Waals surface area contributed by atoms with Crippen molar-refractivity contribution < 1.29 is 33.4 Å². The van der Waals surface area contributed by atoms with Crippen molar-refractivity contribution >= 4 is 23.7 Å². The van der Waals surface area contributed by atoms with E-state index in [-0.39, 0.29) is 69.4 Å². The van der Waals surface area contributed by atoms with E-state index in [0.717, 1.165) is 18.4 Å². The minimum absolute atomic E-state index is 0.108. The van der Waals surface area contributed by atoms with Crippen LogP contribution in [0.25, 0.3) is 0 Å². The Hall–Kier alpha value is -4.22. The highest BCUT2D eigenvalue weighted by Crippen LogP contribution is 2.43. The molecule has 0 saturated heterocycles. The predicted molar refractivity (Wildman–Crippen MR) is 161 cm³/mol. The van der Waals surface area contributed by atoms with Crippen LogP contribution < -0.4 is 20.1 Å². The summed E-state index contributed by atoms with van der Waals surface area (Å²) in [6.07, 6.45) is 9.02. The van der Waals surface area contributed by atoms with Gasteiger partial charge in [0.2, 0.25) is 11.8 Å². The molecule has 3 amide bonds. The molecule has 2 aliphatic rings. The molecule has 1 aromatic heterocycles. The number of aromatic nitrogens is 2. The lowest BCUT2D eigenvalue weighted by Gasteiger charge is -2.32. The molecule has 1 fully saturated rings. The van der Waals surface area contributed by atoms with Crippen LogP contribution in [-0.4, -0.2) is 85.1 Å². The fourth-order valence-corrected chi connectivity index (χ4v) is 5.45. The van der Waals surface area contributed by atoms with Gasteiger partial charge in [-0.25, -0.2) is 0 Å². The number of benzene rings is 1. The van der Waals surface area contributed by atoms with Crippen molar-refractivity contribution in [3.63, 3.8) is 0 Å². The zero-order valence-electron chi connectivity index (χ0n) is 25.6. The molecular weight excluding hydrogens is 566 g/mol. The highest BCUT2D eigenvalue weighted by atomic mass is 16.5. The number of carbonyl (C=O) groups is 4. The van der Waals surface area contributed by atoms with Crippen molar-refractivity contribution in [1.29, 1.82) is 0 Å². The molecule has 0 radical (unpaired) electrons. The highest BCUT2D eigenvalue weighted by Gasteiger charge is 2.44. The molecule has 1 atom stereocenters. The maximum atomic E-state index is 13.5. The number of methoxy groups -OCH3 is 1. The highest BCUT2D eigenvalue weighted by molar-refractivity contribution is 5.81. The van der Waals surface area contributed by atoms with Crippen molar-refractivity contribution in [2.75, 3.05) is 46.5 Å². The zero-order chi connectivity index (χ0) is 31.4. The van der Waals surface area contributed by atoms with E-state index < -0.39 is 5.41 Å². The van der Waals surface area contributed by atoms with Crippen molar-refractivity contribution in [1.82, 2.24) is 25.5 Å². The van der Waals surface area contributed by atoms with Gasteiger partial charge < -0.3 is 29.7 Å². The van der Waals surface area contributed by atoms with Gasteiger partial charge in [-0.2, -0.15) is 0 Å². The zero-order valence-corrected chi connectivity index (χ0v) is 25.6. The summed E-state index contributed by atoms with van der Waals surface area (Å²) >= 11 is 0. The number of ether oxygens (including phenoxy) is 3. The Kier molecular flexibility index (Phi) is 11.9. The number of fused-ring (bicyclic) bond motifs is 2. The van der Waals surface area contributed by atoms with Gasteiger partial charge in [0.15, 0.2) is 18.1 Å². The Morgan fingerprint density at radius 2 is 1.98 bits per heavy atom. The van der Waals surface area contributed by atoms with Crippen molar-refractivity contribution in [3.05, 3.63) is 48.0 Å². The first kappa shape index (κ1) is 32.7. The topological polar surface area (TPSA) is 149 Å². The number of hydrogen-bond acceptors (Lipinski definition) is 9. The molecular formula is C32H43N5O7. The third-order valence-electron chi connectivity index (χ3n) is 7.94. The van der Waals surface area contributed by atoms with Gasteiger partial charge in [0.1, 0.15) is 0 Å². The molecule has 1 aromatic carbocycles. The monoisotopic (exact) mass is 609 g/mol. The van der Waals surface area contributed by atoms with Gasteiger partial charge in [-0.15, -0.1) is 0 Å². The first-order valence-electron chi connectivity index (χ1n) is 15.3. The average molecular weight is 610 g/mol. The summed E-state index contributed by atoms with van der Waals surface area (Å²) in [6, 6.07) is 5.38. The van der Waals surface area contributed by atoms with E-state index in [9.17, 15) is 19.2 Å². The Bertz CT molecular complexity index is 1290. The molecule has 1 unspecified atom stereocenters. The molecule has 2 N–H and O–H groups in total. The molecule has 12 heteroatoms. The van der Waals surface area contributed by atoms with Crippen LogP contribution in [0.4, 0.5) is 0 Å². The Morgan fingerprint density at radius 1 is 1.14 bits per heavy atom. The first-order chi connectivity index (χ1) is 21.3. The summed E-state index contributed by atoms with van der Waals surface area (Å²) in [4.78, 5) is 62.3. The van der Waals surface area contributed by atoms with Crippen LogP contribution in [0, 0.1) is 11.3 Å². The molecule has 44 heavy (non-hydrogen) atoms. The molecule has 0 spiro atoms. The van der Waals surface area contributed by atoms with E-state index in [1.165, 1.54) is 7.11 Å². The van der Waals surface area contributed by atoms with Crippen LogP contribution in [0.3, 0.4) is 0 Å². The summed E-state index contributed by atoms with van der Waals surface area (Å²) in [7, 11) is 1.52. The second kappa shape index (κ2) is 16.0. The molecule has 1 saturated carbocycles. The van der Waals surface area contributed by atoms with Gasteiger partial charge in [-0.3, -0.25) is 29.1 Å². The number of nitrogens with zero attached hydrogens (tertiary/aromatic N) is 3. The fourth-order valence-electron chi connectivity index (χ4n) is 5.45. The van der Waals surface area contributed by atoms with Crippen LogP contribution in [-0.2, 0) is 36.8 Å². The van der Waals surface area contributed by atoms with Gasteiger partial charge in [0.25, 0.3) is 5.91 Å². The summed E-state index contributed by atoms with van der Waals surface area (Å²) < 4.78 is 16.9. The van der Waals surface area contributed by atoms with Gasteiger partial charge in [-0.1, -0.05) is 18.9 Å². The summed E-state index contributed by atoms with van der Waals surface area (Å²) in [6.45, 7) is 2.73. The standard InChI is InChI=1S/C32H43N5O7/c1-3-43-31(41)32(18-23-6-7-23)19-24-8-10-26(42-2)27(17-24)44-21-29(39)35-14-16-37(15-4-5-28(38)36-22-32)30(40)11-9-25-20-33-12-13-34-25/h8,10,12-13,17,20,23H,3-7,9,11,14-16,18-19,21-22H2,1-2H3,(H,35,39)(H,36,38). The molecule has 12 nitrogen and oxygen atoms in total. The van der Waals surface area contributed by atoms with E-state index in [2.05, 4.69) is 20.6 Å². The molecule has 2 bridgehead atoms. The van der Waals surface area contributed by atoms with E-state index in [1.54, 1.807) is 42.5 Å². The Balaban J connectivity index is 1.54. The molecule has 1 aliphatic carbocycles. The number of rotatable bonds is 8. The SMILES string of the molecule is CCOC(=O)C1(CC2CC2)CNC(=O)CCCN(C(=O)CCc2cnccn2)CCNC(=O)COc2cc(ccc2OC)C1. The molecule has 238 valence electrons. The third kappa shape index (κ3) is 9.65. The quantitative estimate of drug-likeness (QED) is 0.430. The Morgan fingerprint density at radius 3 is 2.70 bits per heavy atom. The Labute approximate surface area is 258 Å². The van der Waals surface area contributed by atoms with Crippen LogP contribution in [0.1, 0.15) is 56.7 Å². The number of amides is 3. The van der Waals surface area contributed by atoms with Crippen LogP contribution >= 0.6 is 0 Å². The normalized spacial score (nSPS) is 20.3. The van der Waals surface area contributed by atoms with E-state index in [4.69, 9.17) is 14.2 Å². The molecule has 4 rings (SSSR count). The summed E-state index contributed by atoms with van der Waals surface area (Å²) in [5, 5.41) is 5.81. The fraction of sp³-hybridized carbons (Fsp3) is 0.562. The minimum Gasteiger partial charge on any atom is -0.493 e. The number of nitrogens with one attached hydrogen (secondary N) is 2. The number of esters is 1. The lowest BCUT2D eigenvalue weighted by molar-refractivity contribution is -0.156. The lowest BCUT2D eigenvalue weighted by atomic mass is 9.76. The van der Waals surface area contributed by atoms with Crippen LogP contribution in [0.2, 0.25) is 0 Å². The van der Waals surface area contributed by atoms with Gasteiger partial charge in [0, 0.05) is 57.6 Å². The lowest BCUT2D eigenvalue weighted by Crippen LogP contribution is -2.46. The summed E-state index contributed by atoms with van der Waals surface area (Å²) in [5.74, 6) is 0.202. The minimum atomic E-state index is -0.968. The third-order valence-corrected chi connectivity index (χ3v) is 7.94. The second-order valence-electron chi connectivity index (χ2n) is 11.4. The number of aryl methyl sites for hydroxylation is 1. The van der Waals surface area contributed by atoms with Gasteiger partial charge in [0.05, 0.1) is 24.8 Å². The average Bonchev–Trinajstić information content (AvgIpc) is 3.85. The molecule has 1 aliphatic heterocycles. The van der Waals surface area contributed by atoms with Crippen molar-refractivity contribution in [3.8, 4) is 11.5 Å². The predicted octanol–water partition coefficient (Wildman–Crippen LogP) is 2.24. The van der Waals surface area contributed by atoms with Crippen LogP contribution in [0.15, 0.2) is 36.8 Å². The van der Waals surface area contributed by atoms with Gasteiger partial charge in [-0.05, 0) is 56.2 Å².